The van der Waals surface area contributed by atoms with E-state index in [0.717, 1.165) is 30.8 Å². The molecule has 1 atom stereocenters. The van der Waals surface area contributed by atoms with E-state index in [1.54, 1.807) is 6.20 Å². The highest BCUT2D eigenvalue weighted by Crippen LogP contribution is 2.29. The maximum Gasteiger partial charge on any atom is 0.261 e. The van der Waals surface area contributed by atoms with Crippen LogP contribution >= 0.6 is 0 Å². The topological polar surface area (TPSA) is 119 Å². The van der Waals surface area contributed by atoms with E-state index in [9.17, 15) is 4.79 Å². The van der Waals surface area contributed by atoms with Gasteiger partial charge >= 0.3 is 0 Å². The van der Waals surface area contributed by atoms with Crippen molar-refractivity contribution in [2.75, 3.05) is 5.32 Å². The molecule has 1 aliphatic heterocycles. The zero-order valence-corrected chi connectivity index (χ0v) is 16.7. The lowest BCUT2D eigenvalue weighted by Crippen LogP contribution is -2.29. The van der Waals surface area contributed by atoms with Crippen LogP contribution < -0.4 is 21.9 Å². The Morgan fingerprint density at radius 1 is 1.24 bits per heavy atom. The summed E-state index contributed by atoms with van der Waals surface area (Å²) < 4.78 is 0. The third-order valence-electron chi connectivity index (χ3n) is 5.62. The molecule has 0 saturated heterocycles. The number of amidine groups is 1. The van der Waals surface area contributed by atoms with Crippen molar-refractivity contribution in [3.05, 3.63) is 57.5 Å². The maximum absolute atomic E-state index is 12.5. The molecule has 0 amide bonds. The van der Waals surface area contributed by atoms with Crippen LogP contribution in [-0.4, -0.2) is 16.9 Å². The smallest absolute Gasteiger partial charge is 0.261 e. The fourth-order valence-corrected chi connectivity index (χ4v) is 4.13. The second-order valence-electron chi connectivity index (χ2n) is 7.56. The number of pyridine rings is 1. The minimum absolute atomic E-state index is 0.214. The van der Waals surface area contributed by atoms with Gasteiger partial charge in [-0.25, -0.2) is 10.3 Å². The number of aliphatic imine (C=N–C) groups is 1. The molecule has 4 rings (SSSR count). The number of nitrogens with two attached hydrogens (primary N) is 1. The number of H-pyrrole nitrogens is 1. The van der Waals surface area contributed by atoms with Crippen LogP contribution in [0, 0.1) is 11.8 Å². The highest BCUT2D eigenvalue weighted by Gasteiger charge is 2.19. The number of nitrogens with one attached hydrogen (secondary N) is 3. The maximum atomic E-state index is 12.5. The highest BCUT2D eigenvalue weighted by atomic mass is 16.1. The molecule has 1 aliphatic carbocycles. The Morgan fingerprint density at radius 3 is 2.76 bits per heavy atom. The summed E-state index contributed by atoms with van der Waals surface area (Å²) in [6.45, 7) is 6.48. The second kappa shape index (κ2) is 9.39. The number of aromatic amines is 1. The predicted octanol–water partition coefficient (Wildman–Crippen LogP) is 3.46. The number of anilines is 1. The molecule has 1 aromatic carbocycles. The Morgan fingerprint density at radius 2 is 2.00 bits per heavy atom. The average Bonchev–Trinajstić information content (AvgIpc) is 3.10. The molecule has 5 N–H and O–H groups in total. The zero-order chi connectivity index (χ0) is 20.8. The van der Waals surface area contributed by atoms with E-state index >= 15 is 0 Å². The molecular weight excluding hydrogens is 364 g/mol. The third kappa shape index (κ3) is 4.66. The van der Waals surface area contributed by atoms with Gasteiger partial charge in [-0.05, 0) is 49.1 Å². The number of nitriles is 1. The summed E-state index contributed by atoms with van der Waals surface area (Å²) >= 11 is 0. The molecule has 0 radical (unpaired) electrons. The molecule has 0 spiro atoms. The van der Waals surface area contributed by atoms with Crippen molar-refractivity contribution >= 4 is 17.2 Å². The summed E-state index contributed by atoms with van der Waals surface area (Å²) in [5.74, 6) is 0.245. The Labute approximate surface area is 171 Å². The van der Waals surface area contributed by atoms with Gasteiger partial charge < -0.3 is 21.4 Å². The van der Waals surface area contributed by atoms with Gasteiger partial charge in [-0.1, -0.05) is 25.3 Å². The Balaban J connectivity index is 0.00000117. The highest BCUT2D eigenvalue weighted by molar-refractivity contribution is 6.03. The number of nitrogens with zero attached hydrogens (tertiary/aromatic N) is 2. The van der Waals surface area contributed by atoms with Gasteiger partial charge in [0.05, 0.1) is 11.4 Å². The van der Waals surface area contributed by atoms with Crippen LogP contribution in [0.3, 0.4) is 0 Å². The lowest BCUT2D eigenvalue weighted by molar-refractivity contribution is 0.462. The molecule has 1 fully saturated rings. The van der Waals surface area contributed by atoms with E-state index in [-0.39, 0.29) is 11.4 Å². The summed E-state index contributed by atoms with van der Waals surface area (Å²) in [7, 11) is 0. The Hall–Kier alpha value is -3.11. The average molecular weight is 393 g/mol. The first-order valence-corrected chi connectivity index (χ1v) is 10.1. The van der Waals surface area contributed by atoms with Gasteiger partial charge in [0, 0.05) is 31.4 Å². The number of aromatic nitrogens is 1. The molecule has 29 heavy (non-hydrogen) atoms. The van der Waals surface area contributed by atoms with E-state index in [1.165, 1.54) is 30.4 Å². The van der Waals surface area contributed by atoms with Crippen molar-refractivity contribution in [1.29, 1.82) is 5.26 Å². The van der Waals surface area contributed by atoms with Gasteiger partial charge in [-0.3, -0.25) is 4.79 Å². The van der Waals surface area contributed by atoms with E-state index in [4.69, 9.17) is 11.0 Å². The molecule has 1 aromatic heterocycles. The van der Waals surface area contributed by atoms with Crippen molar-refractivity contribution in [1.82, 2.24) is 10.3 Å². The van der Waals surface area contributed by atoms with E-state index in [2.05, 4.69) is 40.2 Å². The molecule has 152 valence electrons. The molecule has 7 heteroatoms. The fourth-order valence-electron chi connectivity index (χ4n) is 4.13. The molecule has 2 aliphatic rings. The van der Waals surface area contributed by atoms with Gasteiger partial charge in [0.25, 0.3) is 5.56 Å². The van der Waals surface area contributed by atoms with Crippen molar-refractivity contribution in [2.45, 2.75) is 57.7 Å². The van der Waals surface area contributed by atoms with Crippen molar-refractivity contribution < 1.29 is 0 Å². The van der Waals surface area contributed by atoms with Crippen LogP contribution in [0.4, 0.5) is 11.4 Å². The van der Waals surface area contributed by atoms with Gasteiger partial charge in [0.2, 0.25) is 0 Å². The van der Waals surface area contributed by atoms with Gasteiger partial charge in [-0.2, -0.15) is 0 Å². The first-order chi connectivity index (χ1) is 14.1. The van der Waals surface area contributed by atoms with Crippen LogP contribution in [-0.2, 0) is 6.54 Å². The SMILES string of the molecule is C#N.CC1NCc2cc(N=C(N)c3c(NC4CCCCC4)cc[nH]c3=O)ccc21. The summed E-state index contributed by atoms with van der Waals surface area (Å²) in [6, 6.07) is 8.72. The fraction of sp³-hybridized carbons (Fsp3) is 0.409. The molecule has 7 nitrogen and oxygen atoms in total. The van der Waals surface area contributed by atoms with Crippen LogP contribution in [0.5, 0.6) is 0 Å². The van der Waals surface area contributed by atoms with Gasteiger partial charge in [0.1, 0.15) is 11.4 Å². The molecule has 0 bridgehead atoms. The van der Waals surface area contributed by atoms with E-state index < -0.39 is 0 Å². The largest absolute Gasteiger partial charge is 0.383 e. The van der Waals surface area contributed by atoms with Gasteiger partial charge in [0.15, 0.2) is 0 Å². The van der Waals surface area contributed by atoms with E-state index in [0.29, 0.717) is 17.6 Å². The molecule has 1 saturated carbocycles. The van der Waals surface area contributed by atoms with E-state index in [1.807, 2.05) is 18.2 Å². The lowest BCUT2D eigenvalue weighted by Gasteiger charge is -2.24. The number of hydrogen-bond acceptors (Lipinski definition) is 5. The Kier molecular flexibility index (Phi) is 6.68. The summed E-state index contributed by atoms with van der Waals surface area (Å²) in [4.78, 5) is 19.8. The quantitative estimate of drug-likeness (QED) is 0.469. The number of fused-ring (bicyclic) bond motifs is 1. The number of benzene rings is 1. The molecule has 2 heterocycles. The normalized spacial score (nSPS) is 19.1. The third-order valence-corrected chi connectivity index (χ3v) is 5.62. The first-order valence-electron chi connectivity index (χ1n) is 10.1. The predicted molar refractivity (Wildman–Crippen MR) is 116 cm³/mol. The van der Waals surface area contributed by atoms with Crippen molar-refractivity contribution in [3.63, 3.8) is 0 Å². The monoisotopic (exact) mass is 392 g/mol. The van der Waals surface area contributed by atoms with Crippen LogP contribution in [0.1, 0.15) is 61.8 Å². The Bertz CT molecular complexity index is 955. The molecule has 2 aromatic rings. The van der Waals surface area contributed by atoms with Crippen molar-refractivity contribution in [2.24, 2.45) is 10.7 Å². The first kappa shape index (κ1) is 20.6. The standard InChI is InChI=1S/C21H27N5O.CHN/c1-13-17-8-7-16(11-14(17)12-24-13)26-20(22)19-18(9-10-23-21(19)27)25-15-5-3-2-4-6-15;1-2/h7-11,13,15,24H,2-6,12H2,1H3,(H2,22,26)(H2,23,25,27);1H. The van der Waals surface area contributed by atoms with Crippen LogP contribution in [0.25, 0.3) is 0 Å². The lowest BCUT2D eigenvalue weighted by atomic mass is 9.95. The number of rotatable bonds is 4. The minimum atomic E-state index is -0.214. The van der Waals surface area contributed by atoms with Crippen LogP contribution in [0.15, 0.2) is 40.2 Å². The second-order valence-corrected chi connectivity index (χ2v) is 7.56. The zero-order valence-electron chi connectivity index (χ0n) is 16.7. The molecular formula is C22H28N6O. The molecule has 1 unspecified atom stereocenters. The van der Waals surface area contributed by atoms with Crippen LogP contribution in [0.2, 0.25) is 0 Å². The van der Waals surface area contributed by atoms with Crippen molar-refractivity contribution in [3.8, 4) is 6.57 Å². The summed E-state index contributed by atoms with van der Waals surface area (Å²) in [6.07, 6.45) is 7.64. The summed E-state index contributed by atoms with van der Waals surface area (Å²) in [5, 5.41) is 13.4. The number of hydrogen-bond donors (Lipinski definition) is 4. The minimum Gasteiger partial charge on any atom is -0.383 e. The van der Waals surface area contributed by atoms with Gasteiger partial charge in [-0.15, -0.1) is 0 Å². The summed E-state index contributed by atoms with van der Waals surface area (Å²) in [5.41, 5.74) is 10.6.